The van der Waals surface area contributed by atoms with Crippen LogP contribution in [-0.4, -0.2) is 26.5 Å². The Morgan fingerprint density at radius 1 is 1.30 bits per heavy atom. The Bertz CT molecular complexity index is 737. The summed E-state index contributed by atoms with van der Waals surface area (Å²) in [5.74, 6) is -0.517. The van der Waals surface area contributed by atoms with Gasteiger partial charge in [-0.1, -0.05) is 12.1 Å². The standard InChI is InChI=1S/C12H12N2O4S2/c1-13-12(16)11-6-8(7-19-11)20(17,18)14-9-4-2-3-5-10(9)15/h2-7,14-15H,1H3,(H,13,16). The first-order valence-corrected chi connectivity index (χ1v) is 7.92. The first kappa shape index (κ1) is 14.4. The van der Waals surface area contributed by atoms with Crippen molar-refractivity contribution < 1.29 is 18.3 Å². The van der Waals surface area contributed by atoms with Gasteiger partial charge in [0.1, 0.15) is 5.75 Å². The van der Waals surface area contributed by atoms with Crippen LogP contribution in [0.3, 0.4) is 0 Å². The summed E-state index contributed by atoms with van der Waals surface area (Å²) in [7, 11) is -2.37. The van der Waals surface area contributed by atoms with Gasteiger partial charge in [0.15, 0.2) is 0 Å². The third-order valence-corrected chi connectivity index (χ3v) is 4.91. The van der Waals surface area contributed by atoms with Gasteiger partial charge in [0.25, 0.3) is 15.9 Å². The molecule has 106 valence electrons. The molecule has 0 fully saturated rings. The zero-order valence-electron chi connectivity index (χ0n) is 10.5. The fraction of sp³-hybridized carbons (Fsp3) is 0.0833. The van der Waals surface area contributed by atoms with Crippen molar-refractivity contribution in [3.63, 3.8) is 0 Å². The van der Waals surface area contributed by atoms with Gasteiger partial charge in [-0.15, -0.1) is 11.3 Å². The number of rotatable bonds is 4. The molecule has 2 aromatic rings. The van der Waals surface area contributed by atoms with Crippen LogP contribution in [0.25, 0.3) is 0 Å². The average molecular weight is 312 g/mol. The summed E-state index contributed by atoms with van der Waals surface area (Å²) in [6.07, 6.45) is 0. The van der Waals surface area contributed by atoms with Gasteiger partial charge >= 0.3 is 0 Å². The van der Waals surface area contributed by atoms with Crippen LogP contribution in [0, 0.1) is 0 Å². The van der Waals surface area contributed by atoms with E-state index in [9.17, 15) is 18.3 Å². The Morgan fingerprint density at radius 2 is 2.00 bits per heavy atom. The number of hydrogen-bond donors (Lipinski definition) is 3. The number of phenolic OH excluding ortho intramolecular Hbond substituents is 1. The number of nitrogens with one attached hydrogen (secondary N) is 2. The highest BCUT2D eigenvalue weighted by Crippen LogP contribution is 2.26. The Hall–Kier alpha value is -2.06. The molecule has 1 aromatic heterocycles. The largest absolute Gasteiger partial charge is 0.506 e. The van der Waals surface area contributed by atoms with Crippen molar-refractivity contribution >= 4 is 33.0 Å². The summed E-state index contributed by atoms with van der Waals surface area (Å²) in [6.45, 7) is 0. The third-order valence-electron chi connectivity index (χ3n) is 2.48. The lowest BCUT2D eigenvalue weighted by Gasteiger charge is -2.07. The van der Waals surface area contributed by atoms with Crippen LogP contribution >= 0.6 is 11.3 Å². The molecule has 0 bridgehead atoms. The first-order chi connectivity index (χ1) is 9.44. The molecule has 3 N–H and O–H groups in total. The van der Waals surface area contributed by atoms with Gasteiger partial charge in [-0.2, -0.15) is 0 Å². The minimum Gasteiger partial charge on any atom is -0.506 e. The average Bonchev–Trinajstić information content (AvgIpc) is 2.91. The summed E-state index contributed by atoms with van der Waals surface area (Å²) in [6, 6.07) is 7.29. The number of sulfonamides is 1. The number of aromatic hydroxyl groups is 1. The molecule has 20 heavy (non-hydrogen) atoms. The van der Waals surface area contributed by atoms with E-state index in [1.807, 2.05) is 0 Å². The molecule has 8 heteroatoms. The lowest BCUT2D eigenvalue weighted by molar-refractivity contribution is 0.0967. The minimum absolute atomic E-state index is 0.0237. The van der Waals surface area contributed by atoms with Crippen LogP contribution < -0.4 is 10.0 Å². The van der Waals surface area contributed by atoms with Crippen molar-refractivity contribution in [1.29, 1.82) is 0 Å². The van der Waals surface area contributed by atoms with Crippen molar-refractivity contribution in [3.8, 4) is 5.75 Å². The molecule has 0 atom stereocenters. The molecule has 0 aliphatic heterocycles. The highest BCUT2D eigenvalue weighted by atomic mass is 32.2. The maximum Gasteiger partial charge on any atom is 0.262 e. The SMILES string of the molecule is CNC(=O)c1cc(S(=O)(=O)Nc2ccccc2O)cs1. The predicted molar refractivity (Wildman–Crippen MR) is 76.6 cm³/mol. The molecule has 0 aliphatic rings. The molecule has 1 heterocycles. The topological polar surface area (TPSA) is 95.5 Å². The molecule has 0 aliphatic carbocycles. The lowest BCUT2D eigenvalue weighted by Crippen LogP contribution is -2.16. The van der Waals surface area contributed by atoms with Crippen LogP contribution in [0.4, 0.5) is 5.69 Å². The van der Waals surface area contributed by atoms with Crippen LogP contribution in [0.15, 0.2) is 40.6 Å². The van der Waals surface area contributed by atoms with Gasteiger partial charge in [0, 0.05) is 12.4 Å². The van der Waals surface area contributed by atoms with E-state index in [-0.39, 0.29) is 22.2 Å². The second kappa shape index (κ2) is 5.51. The smallest absolute Gasteiger partial charge is 0.262 e. The van der Waals surface area contributed by atoms with Crippen molar-refractivity contribution in [2.24, 2.45) is 0 Å². The minimum atomic E-state index is -3.84. The van der Waals surface area contributed by atoms with E-state index in [0.717, 1.165) is 11.3 Å². The van der Waals surface area contributed by atoms with Crippen molar-refractivity contribution in [2.45, 2.75) is 4.90 Å². The van der Waals surface area contributed by atoms with Gasteiger partial charge in [0.05, 0.1) is 15.5 Å². The number of carbonyl (C=O) groups excluding carboxylic acids is 1. The van der Waals surface area contributed by atoms with Crippen LogP contribution in [0.1, 0.15) is 9.67 Å². The zero-order chi connectivity index (χ0) is 14.8. The van der Waals surface area contributed by atoms with Crippen molar-refractivity contribution in [2.75, 3.05) is 11.8 Å². The molecule has 1 aromatic carbocycles. The van der Waals surface area contributed by atoms with E-state index in [1.165, 1.54) is 30.6 Å². The molecule has 6 nitrogen and oxygen atoms in total. The van der Waals surface area contributed by atoms with Gasteiger partial charge < -0.3 is 10.4 Å². The van der Waals surface area contributed by atoms with E-state index in [0.29, 0.717) is 4.88 Å². The van der Waals surface area contributed by atoms with E-state index >= 15 is 0 Å². The van der Waals surface area contributed by atoms with Gasteiger partial charge in [0.2, 0.25) is 0 Å². The number of carbonyl (C=O) groups is 1. The maximum atomic E-state index is 12.1. The van der Waals surface area contributed by atoms with Crippen LogP contribution in [0.2, 0.25) is 0 Å². The summed E-state index contributed by atoms with van der Waals surface area (Å²) < 4.78 is 26.5. The van der Waals surface area contributed by atoms with Gasteiger partial charge in [-0.25, -0.2) is 8.42 Å². The number of thiophene rings is 1. The number of anilines is 1. The molecule has 0 saturated heterocycles. The molecular weight excluding hydrogens is 300 g/mol. The number of hydrogen-bond acceptors (Lipinski definition) is 5. The predicted octanol–water partition coefficient (Wildman–Crippen LogP) is 1.61. The van der Waals surface area contributed by atoms with Gasteiger partial charge in [-0.3, -0.25) is 9.52 Å². The molecule has 1 amide bonds. The van der Waals surface area contributed by atoms with E-state index < -0.39 is 10.0 Å². The third kappa shape index (κ3) is 2.91. The fourth-order valence-corrected chi connectivity index (χ4v) is 3.76. The molecule has 0 unspecified atom stereocenters. The summed E-state index contributed by atoms with van der Waals surface area (Å²) >= 11 is 1.03. The van der Waals surface area contributed by atoms with Crippen molar-refractivity contribution in [1.82, 2.24) is 5.32 Å². The number of para-hydroxylation sites is 2. The number of benzene rings is 1. The highest BCUT2D eigenvalue weighted by molar-refractivity contribution is 7.92. The number of phenols is 1. The fourth-order valence-electron chi connectivity index (χ4n) is 1.47. The van der Waals surface area contributed by atoms with E-state index in [2.05, 4.69) is 10.0 Å². The van der Waals surface area contributed by atoms with Crippen LogP contribution in [-0.2, 0) is 10.0 Å². The maximum absolute atomic E-state index is 12.1. The quantitative estimate of drug-likeness (QED) is 0.747. The second-order valence-electron chi connectivity index (χ2n) is 3.85. The molecule has 0 radical (unpaired) electrons. The van der Waals surface area contributed by atoms with Crippen molar-refractivity contribution in [3.05, 3.63) is 40.6 Å². The Balaban J connectivity index is 2.29. The normalized spacial score (nSPS) is 11.1. The second-order valence-corrected chi connectivity index (χ2v) is 6.44. The molecule has 0 saturated carbocycles. The molecule has 0 spiro atoms. The summed E-state index contributed by atoms with van der Waals surface area (Å²) in [5, 5.41) is 13.4. The monoisotopic (exact) mass is 312 g/mol. The Morgan fingerprint density at radius 3 is 2.65 bits per heavy atom. The Labute approximate surface area is 120 Å². The van der Waals surface area contributed by atoms with E-state index in [1.54, 1.807) is 12.1 Å². The van der Waals surface area contributed by atoms with Gasteiger partial charge in [-0.05, 0) is 18.2 Å². The lowest BCUT2D eigenvalue weighted by atomic mass is 10.3. The molecule has 2 rings (SSSR count). The highest BCUT2D eigenvalue weighted by Gasteiger charge is 2.19. The number of amides is 1. The summed E-state index contributed by atoms with van der Waals surface area (Å²) in [4.78, 5) is 11.7. The van der Waals surface area contributed by atoms with E-state index in [4.69, 9.17) is 0 Å². The Kier molecular flexibility index (Phi) is 3.96. The molecular formula is C12H12N2O4S2. The first-order valence-electron chi connectivity index (χ1n) is 5.55. The zero-order valence-corrected chi connectivity index (χ0v) is 12.1. The summed E-state index contributed by atoms with van der Waals surface area (Å²) in [5.41, 5.74) is 0.0835. The van der Waals surface area contributed by atoms with Crippen LogP contribution in [0.5, 0.6) is 5.75 Å².